The van der Waals surface area contributed by atoms with Crippen LogP contribution < -0.4 is 29.6 Å². The average molecular weight is 693 g/mol. The second-order valence-electron chi connectivity index (χ2n) is 11.4. The van der Waals surface area contributed by atoms with Gasteiger partial charge in [-0.05, 0) is 59.9 Å². The standard InChI is InChI=1S/C20H19N3O4.C19H23NO2.C2H6/c1-21-20(25)14-9-17(26-2)18(27-3)10-16(14)23-19(24)13-8-12-6-4-5-7-15(12)22-11-13;1-21-18-12-16-9-11-20(14-17(16)13-19(18)22-2)10-8-15-6-4-3-5-7-15;1-2/h4-11H,1-3H3,(H,21,25)(H,23,24);3-7,12-13H,8-11,14H2,1-2H3;1-2H3. The molecule has 268 valence electrons. The van der Waals surface area contributed by atoms with Gasteiger partial charge in [-0.3, -0.25) is 19.5 Å². The lowest BCUT2D eigenvalue weighted by atomic mass is 9.98. The van der Waals surface area contributed by atoms with Crippen molar-refractivity contribution in [3.05, 3.63) is 119 Å². The number of hydrogen-bond acceptors (Lipinski definition) is 8. The molecule has 6 rings (SSSR count). The van der Waals surface area contributed by atoms with E-state index in [9.17, 15) is 9.59 Å². The summed E-state index contributed by atoms with van der Waals surface area (Å²) in [6, 6.07) is 27.3. The molecule has 5 aromatic rings. The molecule has 2 N–H and O–H groups in total. The van der Waals surface area contributed by atoms with Gasteiger partial charge >= 0.3 is 0 Å². The molecule has 0 unspecified atom stereocenters. The van der Waals surface area contributed by atoms with Crippen LogP contribution >= 0.6 is 0 Å². The summed E-state index contributed by atoms with van der Waals surface area (Å²) >= 11 is 0. The van der Waals surface area contributed by atoms with Gasteiger partial charge in [-0.1, -0.05) is 62.4 Å². The third kappa shape index (κ3) is 9.76. The second kappa shape index (κ2) is 19.0. The summed E-state index contributed by atoms with van der Waals surface area (Å²) in [7, 11) is 7.86. The number of nitrogens with one attached hydrogen (secondary N) is 2. The number of pyridine rings is 1. The number of para-hydroxylation sites is 1. The third-order valence-electron chi connectivity index (χ3n) is 8.45. The largest absolute Gasteiger partial charge is 0.493 e. The number of benzene rings is 4. The molecule has 0 radical (unpaired) electrons. The molecule has 51 heavy (non-hydrogen) atoms. The number of rotatable bonds is 10. The molecule has 0 spiro atoms. The lowest BCUT2D eigenvalue weighted by molar-refractivity contribution is 0.0963. The van der Waals surface area contributed by atoms with Crippen LogP contribution in [-0.4, -0.2) is 70.3 Å². The number of carbonyl (C=O) groups excluding carboxylic acids is 2. The smallest absolute Gasteiger partial charge is 0.257 e. The Hall–Kier alpha value is -5.61. The van der Waals surface area contributed by atoms with Gasteiger partial charge in [0.1, 0.15) is 0 Å². The fourth-order valence-corrected chi connectivity index (χ4v) is 5.76. The van der Waals surface area contributed by atoms with Gasteiger partial charge in [-0.2, -0.15) is 0 Å². The third-order valence-corrected chi connectivity index (χ3v) is 8.45. The first kappa shape index (κ1) is 38.2. The molecule has 0 saturated heterocycles. The van der Waals surface area contributed by atoms with Crippen molar-refractivity contribution < 1.29 is 28.5 Å². The van der Waals surface area contributed by atoms with E-state index in [0.717, 1.165) is 54.9 Å². The first-order chi connectivity index (χ1) is 24.9. The van der Waals surface area contributed by atoms with E-state index in [1.54, 1.807) is 26.4 Å². The molecular weight excluding hydrogens is 644 g/mol. The number of nitrogens with zero attached hydrogens (tertiary/aromatic N) is 2. The van der Waals surface area contributed by atoms with Crippen LogP contribution in [0.15, 0.2) is 91.1 Å². The summed E-state index contributed by atoms with van der Waals surface area (Å²) in [5, 5.41) is 6.16. The first-order valence-corrected chi connectivity index (χ1v) is 17.0. The monoisotopic (exact) mass is 692 g/mol. The Balaban J connectivity index is 0.000000222. The number of ether oxygens (including phenoxy) is 4. The van der Waals surface area contributed by atoms with Gasteiger partial charge in [0.2, 0.25) is 0 Å². The molecule has 0 saturated carbocycles. The van der Waals surface area contributed by atoms with Gasteiger partial charge in [0.15, 0.2) is 23.0 Å². The molecule has 1 aliphatic heterocycles. The molecule has 2 amide bonds. The predicted octanol–water partition coefficient (Wildman–Crippen LogP) is 7.19. The van der Waals surface area contributed by atoms with Gasteiger partial charge in [0.25, 0.3) is 11.8 Å². The maximum atomic E-state index is 12.7. The summed E-state index contributed by atoms with van der Waals surface area (Å²) in [5.74, 6) is 1.71. The van der Waals surface area contributed by atoms with Crippen molar-refractivity contribution in [2.75, 3.05) is 53.9 Å². The van der Waals surface area contributed by atoms with Gasteiger partial charge < -0.3 is 29.6 Å². The zero-order chi connectivity index (χ0) is 36.8. The Morgan fingerprint density at radius 3 is 2.02 bits per heavy atom. The van der Waals surface area contributed by atoms with Crippen LogP contribution in [-0.2, 0) is 19.4 Å². The van der Waals surface area contributed by atoms with Crippen molar-refractivity contribution in [2.45, 2.75) is 33.2 Å². The molecule has 1 aromatic heterocycles. The molecule has 10 nitrogen and oxygen atoms in total. The molecule has 2 heterocycles. The number of methoxy groups -OCH3 is 4. The minimum absolute atomic E-state index is 0.261. The van der Waals surface area contributed by atoms with E-state index in [-0.39, 0.29) is 17.4 Å². The Morgan fingerprint density at radius 2 is 1.35 bits per heavy atom. The summed E-state index contributed by atoms with van der Waals surface area (Å²) in [4.78, 5) is 31.8. The van der Waals surface area contributed by atoms with Crippen LogP contribution in [0.5, 0.6) is 23.0 Å². The van der Waals surface area contributed by atoms with Gasteiger partial charge in [-0.15, -0.1) is 0 Å². The molecule has 0 aliphatic carbocycles. The van der Waals surface area contributed by atoms with E-state index in [2.05, 4.69) is 63.0 Å². The number of anilines is 1. The molecule has 10 heteroatoms. The summed E-state index contributed by atoms with van der Waals surface area (Å²) in [6.45, 7) is 7.19. The second-order valence-corrected chi connectivity index (χ2v) is 11.4. The summed E-state index contributed by atoms with van der Waals surface area (Å²) in [5.41, 5.74) is 5.89. The van der Waals surface area contributed by atoms with E-state index in [4.69, 9.17) is 18.9 Å². The Kier molecular flexibility index (Phi) is 14.2. The number of carbonyl (C=O) groups is 2. The highest BCUT2D eigenvalue weighted by Gasteiger charge is 2.20. The molecule has 0 fully saturated rings. The summed E-state index contributed by atoms with van der Waals surface area (Å²) < 4.78 is 21.3. The molecule has 0 bridgehead atoms. The van der Waals surface area contributed by atoms with Crippen LogP contribution in [0.3, 0.4) is 0 Å². The maximum absolute atomic E-state index is 12.7. The Labute approximate surface area is 300 Å². The molecule has 4 aromatic carbocycles. The van der Waals surface area contributed by atoms with E-state index < -0.39 is 0 Å². The zero-order valence-corrected chi connectivity index (χ0v) is 30.5. The quantitative estimate of drug-likeness (QED) is 0.158. The van der Waals surface area contributed by atoms with E-state index in [0.29, 0.717) is 22.7 Å². The van der Waals surface area contributed by atoms with Gasteiger partial charge in [-0.25, -0.2) is 0 Å². The maximum Gasteiger partial charge on any atom is 0.257 e. The number of amides is 2. The Bertz CT molecular complexity index is 1910. The van der Waals surface area contributed by atoms with Crippen molar-refractivity contribution in [3.8, 4) is 23.0 Å². The average Bonchev–Trinajstić information content (AvgIpc) is 3.20. The van der Waals surface area contributed by atoms with E-state index in [1.165, 1.54) is 50.2 Å². The van der Waals surface area contributed by atoms with E-state index >= 15 is 0 Å². The lowest BCUT2D eigenvalue weighted by Crippen LogP contribution is -2.32. The van der Waals surface area contributed by atoms with Crippen LogP contribution in [0.1, 0.15) is 51.3 Å². The minimum Gasteiger partial charge on any atom is -0.493 e. The van der Waals surface area contributed by atoms with Crippen molar-refractivity contribution in [2.24, 2.45) is 0 Å². The highest BCUT2D eigenvalue weighted by atomic mass is 16.5. The van der Waals surface area contributed by atoms with E-state index in [1.807, 2.05) is 38.1 Å². The van der Waals surface area contributed by atoms with Crippen molar-refractivity contribution >= 4 is 28.4 Å². The van der Waals surface area contributed by atoms with Crippen LogP contribution in [0, 0.1) is 0 Å². The molecule has 1 aliphatic rings. The van der Waals surface area contributed by atoms with Gasteiger partial charge in [0, 0.05) is 44.3 Å². The van der Waals surface area contributed by atoms with Crippen LogP contribution in [0.25, 0.3) is 10.9 Å². The predicted molar refractivity (Wildman–Crippen MR) is 203 cm³/mol. The number of aromatic nitrogens is 1. The topological polar surface area (TPSA) is 111 Å². The fourth-order valence-electron chi connectivity index (χ4n) is 5.76. The Morgan fingerprint density at radius 1 is 0.745 bits per heavy atom. The van der Waals surface area contributed by atoms with Crippen molar-refractivity contribution in [1.29, 1.82) is 0 Å². The van der Waals surface area contributed by atoms with Crippen LogP contribution in [0.2, 0.25) is 0 Å². The zero-order valence-electron chi connectivity index (χ0n) is 30.5. The van der Waals surface area contributed by atoms with Crippen molar-refractivity contribution in [1.82, 2.24) is 15.2 Å². The fraction of sp³-hybridized carbons (Fsp3) is 0.293. The lowest BCUT2D eigenvalue weighted by Gasteiger charge is -2.29. The van der Waals surface area contributed by atoms with Gasteiger partial charge in [0.05, 0.1) is 50.8 Å². The van der Waals surface area contributed by atoms with Crippen LogP contribution in [0.4, 0.5) is 5.69 Å². The SMILES string of the molecule is CC.CNC(=O)c1cc(OC)c(OC)cc1NC(=O)c1cnc2ccccc2c1.COc1cc2c(cc1OC)CN(CCc1ccccc1)CC2. The number of hydrogen-bond donors (Lipinski definition) is 2. The van der Waals surface area contributed by atoms with Crippen molar-refractivity contribution in [3.63, 3.8) is 0 Å². The first-order valence-electron chi connectivity index (χ1n) is 17.0. The highest BCUT2D eigenvalue weighted by molar-refractivity contribution is 6.10. The molecular formula is C41H48N4O6. The number of fused-ring (bicyclic) bond motifs is 2. The normalized spacial score (nSPS) is 11.8. The highest BCUT2D eigenvalue weighted by Crippen LogP contribution is 2.34. The molecule has 0 atom stereocenters. The minimum atomic E-state index is -0.384. The summed E-state index contributed by atoms with van der Waals surface area (Å²) in [6.07, 6.45) is 3.67.